The molecule has 3 aromatic rings. The molecule has 0 radical (unpaired) electrons. The molecule has 0 amide bonds. The van der Waals surface area contributed by atoms with Crippen LogP contribution >= 0.6 is 35.6 Å². The van der Waals surface area contributed by atoms with E-state index in [2.05, 4.69) is 5.10 Å². The number of hydroxylamine groups is 2. The predicted molar refractivity (Wildman–Crippen MR) is 136 cm³/mol. The molecule has 1 heterocycles. The van der Waals surface area contributed by atoms with E-state index >= 15 is 0 Å². The Kier molecular flexibility index (Phi) is 8.16. The SMILES string of the molecule is COc1ccc(-c2cc(C=CCSC(=S)N(C)O)nn2-c2ccc(S(N)(=O)=O)cc2)cc1Cl. The zero-order valence-corrected chi connectivity index (χ0v) is 20.9. The molecular weight excluding hydrogens is 504 g/mol. The molecule has 0 spiro atoms. The average Bonchev–Trinajstić information content (AvgIpc) is 3.20. The summed E-state index contributed by atoms with van der Waals surface area (Å²) in [7, 11) is -0.799. The Balaban J connectivity index is 1.99. The quantitative estimate of drug-likeness (QED) is 0.349. The number of primary sulfonamides is 1. The first-order chi connectivity index (χ1) is 15.6. The Morgan fingerprint density at radius 2 is 2.00 bits per heavy atom. The van der Waals surface area contributed by atoms with Gasteiger partial charge >= 0.3 is 0 Å². The smallest absolute Gasteiger partial charge is 0.238 e. The number of thiocarbonyl (C=S) groups is 1. The molecule has 2 aromatic carbocycles. The van der Waals surface area contributed by atoms with E-state index in [9.17, 15) is 13.6 Å². The summed E-state index contributed by atoms with van der Waals surface area (Å²) >= 11 is 12.7. The molecule has 0 saturated carbocycles. The van der Waals surface area contributed by atoms with Gasteiger partial charge in [-0.05, 0) is 54.6 Å². The van der Waals surface area contributed by atoms with Crippen molar-refractivity contribution in [2.24, 2.45) is 5.14 Å². The number of ether oxygens (including phenoxy) is 1. The molecule has 0 aliphatic carbocycles. The number of benzene rings is 2. The number of nitrogens with zero attached hydrogens (tertiary/aromatic N) is 3. The molecule has 0 bridgehead atoms. The van der Waals surface area contributed by atoms with Gasteiger partial charge in [0.05, 0.1) is 34.1 Å². The van der Waals surface area contributed by atoms with Gasteiger partial charge in [-0.25, -0.2) is 23.3 Å². The first-order valence-electron chi connectivity index (χ1n) is 9.43. The Labute approximate surface area is 206 Å². The van der Waals surface area contributed by atoms with Crippen LogP contribution in [0.1, 0.15) is 5.69 Å². The highest BCUT2D eigenvalue weighted by molar-refractivity contribution is 8.22. The number of rotatable bonds is 7. The van der Waals surface area contributed by atoms with Crippen molar-refractivity contribution in [1.29, 1.82) is 0 Å². The highest BCUT2D eigenvalue weighted by Gasteiger charge is 2.14. The minimum atomic E-state index is -3.81. The monoisotopic (exact) mass is 524 g/mol. The lowest BCUT2D eigenvalue weighted by Crippen LogP contribution is -2.17. The number of halogens is 1. The van der Waals surface area contributed by atoms with E-state index in [-0.39, 0.29) is 4.90 Å². The zero-order chi connectivity index (χ0) is 24.2. The molecule has 12 heteroatoms. The fourth-order valence-electron chi connectivity index (χ4n) is 2.87. The van der Waals surface area contributed by atoms with Crippen LogP contribution in [0.25, 0.3) is 23.0 Å². The van der Waals surface area contributed by atoms with E-state index in [1.807, 2.05) is 24.3 Å². The van der Waals surface area contributed by atoms with Gasteiger partial charge in [0.1, 0.15) is 5.75 Å². The predicted octanol–water partition coefficient (Wildman–Crippen LogP) is 4.20. The lowest BCUT2D eigenvalue weighted by atomic mass is 10.1. The van der Waals surface area contributed by atoms with Gasteiger partial charge < -0.3 is 4.74 Å². The maximum Gasteiger partial charge on any atom is 0.238 e. The Morgan fingerprint density at radius 3 is 2.58 bits per heavy atom. The van der Waals surface area contributed by atoms with Crippen LogP contribution in [0.3, 0.4) is 0 Å². The van der Waals surface area contributed by atoms with Crippen molar-refractivity contribution in [3.8, 4) is 22.7 Å². The van der Waals surface area contributed by atoms with Crippen LogP contribution < -0.4 is 9.88 Å². The number of hydrogen-bond acceptors (Lipinski definition) is 7. The lowest BCUT2D eigenvalue weighted by molar-refractivity contribution is 0.0205. The van der Waals surface area contributed by atoms with Gasteiger partial charge in [0.15, 0.2) is 4.32 Å². The van der Waals surface area contributed by atoms with E-state index in [4.69, 9.17) is 33.7 Å². The molecule has 0 aliphatic heterocycles. The summed E-state index contributed by atoms with van der Waals surface area (Å²) in [6.45, 7) is 0. The van der Waals surface area contributed by atoms with Gasteiger partial charge in [-0.3, -0.25) is 5.21 Å². The Morgan fingerprint density at radius 1 is 1.30 bits per heavy atom. The van der Waals surface area contributed by atoms with Gasteiger partial charge in [0.2, 0.25) is 10.0 Å². The van der Waals surface area contributed by atoms with Crippen LogP contribution in [-0.2, 0) is 10.0 Å². The Bertz CT molecular complexity index is 1290. The van der Waals surface area contributed by atoms with Crippen molar-refractivity contribution < 1.29 is 18.4 Å². The average molecular weight is 525 g/mol. The van der Waals surface area contributed by atoms with E-state index in [1.165, 1.54) is 30.9 Å². The van der Waals surface area contributed by atoms with Crippen LogP contribution in [-0.4, -0.2) is 52.7 Å². The fourth-order valence-corrected chi connectivity index (χ4v) is 4.37. The molecule has 0 saturated heterocycles. The fraction of sp³-hybridized carbons (Fsp3) is 0.143. The number of hydrogen-bond donors (Lipinski definition) is 2. The molecule has 0 atom stereocenters. The number of sulfonamides is 1. The molecule has 0 fully saturated rings. The van der Waals surface area contributed by atoms with E-state index < -0.39 is 10.0 Å². The van der Waals surface area contributed by atoms with Crippen molar-refractivity contribution in [3.05, 3.63) is 65.3 Å². The third-order valence-corrected chi connectivity index (χ3v) is 7.15. The number of thioether (sulfide) groups is 1. The van der Waals surface area contributed by atoms with Crippen molar-refractivity contribution >= 4 is 56.0 Å². The standard InChI is InChI=1S/C21H21ClN4O4S3/c1-25(27)21(31)32-11-3-4-15-13-19(14-5-10-20(30-2)18(22)12-14)26(24-15)16-6-8-17(9-7-16)33(23,28)29/h3-10,12-13,27H,11H2,1-2H3,(H2,23,28,29). The maximum absolute atomic E-state index is 11.6. The largest absolute Gasteiger partial charge is 0.495 e. The van der Waals surface area contributed by atoms with Crippen molar-refractivity contribution in [2.75, 3.05) is 19.9 Å². The minimum Gasteiger partial charge on any atom is -0.495 e. The normalized spacial score (nSPS) is 11.7. The summed E-state index contributed by atoms with van der Waals surface area (Å²) in [6.07, 6.45) is 3.71. The van der Waals surface area contributed by atoms with Crippen LogP contribution in [0.4, 0.5) is 0 Å². The van der Waals surface area contributed by atoms with E-state index in [0.29, 0.717) is 32.2 Å². The first kappa shape index (κ1) is 25.2. The van der Waals surface area contributed by atoms with Gasteiger partial charge in [-0.15, -0.1) is 0 Å². The molecular formula is C21H21ClN4O4S3. The summed E-state index contributed by atoms with van der Waals surface area (Å²) in [5.74, 6) is 1.09. The third kappa shape index (κ3) is 6.34. The van der Waals surface area contributed by atoms with E-state index in [0.717, 1.165) is 16.3 Å². The summed E-state index contributed by atoms with van der Waals surface area (Å²) in [5, 5.41) is 20.5. The lowest BCUT2D eigenvalue weighted by Gasteiger charge is -2.10. The van der Waals surface area contributed by atoms with Crippen LogP contribution in [0, 0.1) is 0 Å². The number of methoxy groups -OCH3 is 1. The summed E-state index contributed by atoms with van der Waals surface area (Å²) in [6, 6.07) is 13.4. The molecule has 33 heavy (non-hydrogen) atoms. The molecule has 1 aromatic heterocycles. The van der Waals surface area contributed by atoms with Crippen molar-refractivity contribution in [1.82, 2.24) is 14.8 Å². The number of aromatic nitrogens is 2. The van der Waals surface area contributed by atoms with Gasteiger partial charge in [0.25, 0.3) is 0 Å². The summed E-state index contributed by atoms with van der Waals surface area (Å²) < 4.78 is 30.5. The van der Waals surface area contributed by atoms with Gasteiger partial charge in [-0.1, -0.05) is 41.7 Å². The maximum atomic E-state index is 11.6. The van der Waals surface area contributed by atoms with Crippen molar-refractivity contribution in [2.45, 2.75) is 4.90 Å². The summed E-state index contributed by atoms with van der Waals surface area (Å²) in [5.41, 5.74) is 2.83. The van der Waals surface area contributed by atoms with Gasteiger partial charge in [0, 0.05) is 18.4 Å². The van der Waals surface area contributed by atoms with Crippen LogP contribution in [0.15, 0.2) is 59.5 Å². The molecule has 0 aliphatic rings. The molecule has 3 N–H and O–H groups in total. The second-order valence-electron chi connectivity index (χ2n) is 6.76. The minimum absolute atomic E-state index is 0.00872. The molecule has 174 valence electrons. The van der Waals surface area contributed by atoms with Gasteiger partial charge in [-0.2, -0.15) is 5.10 Å². The molecule has 0 unspecified atom stereocenters. The molecule has 3 rings (SSSR count). The van der Waals surface area contributed by atoms with E-state index in [1.54, 1.807) is 36.1 Å². The third-order valence-electron chi connectivity index (χ3n) is 4.44. The second-order valence-corrected chi connectivity index (χ2v) is 10.4. The van der Waals surface area contributed by atoms with Crippen LogP contribution in [0.2, 0.25) is 5.02 Å². The number of nitrogens with two attached hydrogens (primary N) is 1. The Hall–Kier alpha value is -2.41. The van der Waals surface area contributed by atoms with Crippen molar-refractivity contribution in [3.63, 3.8) is 0 Å². The highest BCUT2D eigenvalue weighted by atomic mass is 35.5. The topological polar surface area (TPSA) is 111 Å². The van der Waals surface area contributed by atoms with Crippen LogP contribution in [0.5, 0.6) is 5.75 Å². The first-order valence-corrected chi connectivity index (χ1v) is 12.7. The second kappa shape index (κ2) is 10.7. The highest BCUT2D eigenvalue weighted by Crippen LogP contribution is 2.32. The zero-order valence-electron chi connectivity index (χ0n) is 17.7. The molecule has 8 nitrogen and oxygen atoms in total. The summed E-state index contributed by atoms with van der Waals surface area (Å²) in [4.78, 5) is 0.00872.